The fraction of sp³-hybridized carbons (Fsp3) is 0.360. The van der Waals surface area contributed by atoms with E-state index in [1.807, 2.05) is 69.6 Å². The predicted octanol–water partition coefficient (Wildman–Crippen LogP) is 4.69. The minimum Gasteiger partial charge on any atom is -0.443 e. The number of anilines is 1. The molecule has 4 aromatic rings. The molecular formula is C25H30N6O3. The summed E-state index contributed by atoms with van der Waals surface area (Å²) in [7, 11) is 3.54. The second-order valence-electron chi connectivity index (χ2n) is 9.52. The van der Waals surface area contributed by atoms with Gasteiger partial charge in [0.25, 0.3) is 0 Å². The Morgan fingerprint density at radius 1 is 1.24 bits per heavy atom. The topological polar surface area (TPSA) is 105 Å². The van der Waals surface area contributed by atoms with Gasteiger partial charge in [0.05, 0.1) is 17.9 Å². The van der Waals surface area contributed by atoms with E-state index in [2.05, 4.69) is 15.3 Å². The lowest BCUT2D eigenvalue weighted by Gasteiger charge is -2.24. The van der Waals surface area contributed by atoms with Gasteiger partial charge in [0.15, 0.2) is 5.82 Å². The molecule has 0 spiro atoms. The number of nitrogens with zero attached hydrogens (tertiary/aromatic N) is 4. The summed E-state index contributed by atoms with van der Waals surface area (Å²) < 4.78 is 7.45. The third-order valence-corrected chi connectivity index (χ3v) is 5.52. The van der Waals surface area contributed by atoms with Gasteiger partial charge < -0.3 is 19.6 Å². The molecule has 0 aliphatic heterocycles. The zero-order chi connectivity index (χ0) is 24.8. The highest BCUT2D eigenvalue weighted by Gasteiger charge is 2.25. The predicted molar refractivity (Wildman–Crippen MR) is 133 cm³/mol. The molecule has 2 amide bonds. The average Bonchev–Trinajstić information content (AvgIpc) is 3.34. The number of carbonyl (C=O) groups excluding carboxylic acids is 2. The SMILES string of the molecule is CC(=O)NC(C)c1cccc(-c2cc3c(nc(N(C)C(=O)OC(C)(C)C)c4ncn(C)c43)[nH]2)c1. The molecule has 1 unspecified atom stereocenters. The van der Waals surface area contributed by atoms with E-state index in [0.717, 1.165) is 27.7 Å². The Labute approximate surface area is 198 Å². The average molecular weight is 463 g/mol. The van der Waals surface area contributed by atoms with Crippen LogP contribution in [0.4, 0.5) is 10.6 Å². The van der Waals surface area contributed by atoms with Crippen LogP contribution in [-0.2, 0) is 16.6 Å². The molecule has 0 aliphatic carbocycles. The van der Waals surface area contributed by atoms with Crippen LogP contribution in [0.2, 0.25) is 0 Å². The number of benzene rings is 1. The van der Waals surface area contributed by atoms with Crippen LogP contribution in [0, 0.1) is 0 Å². The van der Waals surface area contributed by atoms with E-state index in [9.17, 15) is 9.59 Å². The number of hydrogen-bond acceptors (Lipinski definition) is 5. The second kappa shape index (κ2) is 8.48. The van der Waals surface area contributed by atoms with Crippen LogP contribution in [-0.4, -0.2) is 44.2 Å². The molecule has 0 saturated carbocycles. The molecule has 1 atom stereocenters. The van der Waals surface area contributed by atoms with Crippen molar-refractivity contribution in [3.8, 4) is 11.3 Å². The first kappa shape index (κ1) is 23.3. The van der Waals surface area contributed by atoms with E-state index in [1.54, 1.807) is 13.4 Å². The number of fused-ring (bicyclic) bond motifs is 3. The second-order valence-corrected chi connectivity index (χ2v) is 9.52. The Kier molecular flexibility index (Phi) is 5.80. The Bertz CT molecular complexity index is 1400. The molecule has 0 radical (unpaired) electrons. The van der Waals surface area contributed by atoms with E-state index >= 15 is 0 Å². The van der Waals surface area contributed by atoms with Crippen molar-refractivity contribution in [2.75, 3.05) is 11.9 Å². The third-order valence-electron chi connectivity index (χ3n) is 5.52. The molecule has 34 heavy (non-hydrogen) atoms. The lowest BCUT2D eigenvalue weighted by molar-refractivity contribution is -0.119. The van der Waals surface area contributed by atoms with Crippen LogP contribution >= 0.6 is 0 Å². The molecule has 1 aromatic carbocycles. The van der Waals surface area contributed by atoms with Crippen LogP contribution in [0.15, 0.2) is 36.7 Å². The van der Waals surface area contributed by atoms with Crippen molar-refractivity contribution in [1.82, 2.24) is 24.8 Å². The number of pyridine rings is 1. The summed E-state index contributed by atoms with van der Waals surface area (Å²) in [4.78, 5) is 38.2. The Morgan fingerprint density at radius 3 is 2.65 bits per heavy atom. The molecule has 0 aliphatic rings. The van der Waals surface area contributed by atoms with Gasteiger partial charge >= 0.3 is 6.09 Å². The summed E-state index contributed by atoms with van der Waals surface area (Å²) >= 11 is 0. The first-order valence-electron chi connectivity index (χ1n) is 11.1. The highest BCUT2D eigenvalue weighted by molar-refractivity contribution is 6.09. The standard InChI is InChI=1S/C25H30N6O3/c1-14(27-15(2)32)16-9-8-10-17(11-16)19-12-18-21-20(26-13-30(21)6)23(29-22(18)28-19)31(7)24(33)34-25(3,4)5/h8-14H,1-7H3,(H,27,32)(H,28,29). The Balaban J connectivity index is 1.81. The summed E-state index contributed by atoms with van der Waals surface area (Å²) in [5.74, 6) is 0.340. The molecule has 4 rings (SSSR count). The number of ether oxygens (including phenoxy) is 1. The van der Waals surface area contributed by atoms with E-state index in [1.165, 1.54) is 11.8 Å². The summed E-state index contributed by atoms with van der Waals surface area (Å²) in [6.07, 6.45) is 1.21. The van der Waals surface area contributed by atoms with Crippen molar-refractivity contribution in [1.29, 1.82) is 0 Å². The number of aromatic nitrogens is 4. The smallest absolute Gasteiger partial charge is 0.415 e. The summed E-state index contributed by atoms with van der Waals surface area (Å²) in [6, 6.07) is 9.91. The molecule has 9 heteroatoms. The van der Waals surface area contributed by atoms with Gasteiger partial charge in [-0.3, -0.25) is 9.69 Å². The minimum atomic E-state index is -0.627. The number of H-pyrrole nitrogens is 1. The Hall–Kier alpha value is -3.88. The largest absolute Gasteiger partial charge is 0.443 e. The molecule has 3 heterocycles. The van der Waals surface area contributed by atoms with Gasteiger partial charge in [0.1, 0.15) is 16.8 Å². The molecule has 3 aromatic heterocycles. The maximum absolute atomic E-state index is 12.7. The van der Waals surface area contributed by atoms with Gasteiger partial charge in [-0.25, -0.2) is 14.8 Å². The molecule has 0 saturated heterocycles. The minimum absolute atomic E-state index is 0.0760. The summed E-state index contributed by atoms with van der Waals surface area (Å²) in [5, 5.41) is 3.81. The maximum Gasteiger partial charge on any atom is 0.415 e. The van der Waals surface area contributed by atoms with E-state index in [-0.39, 0.29) is 11.9 Å². The molecular weight excluding hydrogens is 432 g/mol. The lowest BCUT2D eigenvalue weighted by atomic mass is 10.0. The fourth-order valence-electron chi connectivity index (χ4n) is 3.95. The van der Waals surface area contributed by atoms with Crippen molar-refractivity contribution < 1.29 is 14.3 Å². The highest BCUT2D eigenvalue weighted by atomic mass is 16.6. The number of hydrogen-bond donors (Lipinski definition) is 2. The Morgan fingerprint density at radius 2 is 1.97 bits per heavy atom. The van der Waals surface area contributed by atoms with Crippen molar-refractivity contribution >= 4 is 39.9 Å². The summed E-state index contributed by atoms with van der Waals surface area (Å²) in [5.41, 5.74) is 4.32. The van der Waals surface area contributed by atoms with E-state index < -0.39 is 11.7 Å². The number of amides is 2. The fourth-order valence-corrected chi connectivity index (χ4v) is 3.95. The normalized spacial score (nSPS) is 12.7. The van der Waals surface area contributed by atoms with Crippen LogP contribution in [0.3, 0.4) is 0 Å². The number of rotatable bonds is 4. The van der Waals surface area contributed by atoms with E-state index in [0.29, 0.717) is 17.0 Å². The van der Waals surface area contributed by atoms with Crippen molar-refractivity contribution in [3.05, 3.63) is 42.2 Å². The van der Waals surface area contributed by atoms with Gasteiger partial charge in [0, 0.05) is 32.1 Å². The van der Waals surface area contributed by atoms with Crippen LogP contribution in [0.25, 0.3) is 33.3 Å². The monoisotopic (exact) mass is 462 g/mol. The summed E-state index contributed by atoms with van der Waals surface area (Å²) in [6.45, 7) is 8.93. The van der Waals surface area contributed by atoms with Gasteiger partial charge in [-0.05, 0) is 51.0 Å². The van der Waals surface area contributed by atoms with Crippen molar-refractivity contribution in [3.63, 3.8) is 0 Å². The number of aromatic amines is 1. The van der Waals surface area contributed by atoms with E-state index in [4.69, 9.17) is 9.72 Å². The number of nitrogens with one attached hydrogen (secondary N) is 2. The van der Waals surface area contributed by atoms with Crippen LogP contribution in [0.5, 0.6) is 0 Å². The quantitative estimate of drug-likeness (QED) is 0.458. The first-order valence-corrected chi connectivity index (χ1v) is 11.1. The van der Waals surface area contributed by atoms with Crippen molar-refractivity contribution in [2.45, 2.75) is 46.3 Å². The number of carbonyl (C=O) groups is 2. The maximum atomic E-state index is 12.7. The molecule has 2 N–H and O–H groups in total. The zero-order valence-corrected chi connectivity index (χ0v) is 20.6. The van der Waals surface area contributed by atoms with Gasteiger partial charge in [-0.2, -0.15) is 0 Å². The molecule has 9 nitrogen and oxygen atoms in total. The highest BCUT2D eigenvalue weighted by Crippen LogP contribution is 2.34. The van der Waals surface area contributed by atoms with Gasteiger partial charge in [-0.1, -0.05) is 18.2 Å². The van der Waals surface area contributed by atoms with Crippen molar-refractivity contribution in [2.24, 2.45) is 7.05 Å². The lowest BCUT2D eigenvalue weighted by Crippen LogP contribution is -2.34. The van der Waals surface area contributed by atoms with Gasteiger partial charge in [-0.15, -0.1) is 0 Å². The van der Waals surface area contributed by atoms with Crippen LogP contribution in [0.1, 0.15) is 46.2 Å². The molecule has 0 bridgehead atoms. The van der Waals surface area contributed by atoms with Gasteiger partial charge in [0.2, 0.25) is 5.91 Å². The zero-order valence-electron chi connectivity index (χ0n) is 20.6. The molecule has 178 valence electrons. The third kappa shape index (κ3) is 4.46. The van der Waals surface area contributed by atoms with Crippen LogP contribution < -0.4 is 10.2 Å². The number of aryl methyl sites for hydroxylation is 1. The number of imidazole rings is 1. The molecule has 0 fully saturated rings. The first-order chi connectivity index (χ1) is 15.9.